The molecule has 0 bridgehead atoms. The van der Waals surface area contributed by atoms with Gasteiger partial charge in [-0.3, -0.25) is 0 Å². The van der Waals surface area contributed by atoms with E-state index in [0.29, 0.717) is 10.2 Å². The molecule has 1 N–H and O–H groups in total. The zero-order chi connectivity index (χ0) is 13.8. The van der Waals surface area contributed by atoms with Crippen LogP contribution in [0.4, 0.5) is 0 Å². The van der Waals surface area contributed by atoms with Gasteiger partial charge in [0, 0.05) is 4.47 Å². The molecule has 2 aromatic carbocycles. The second-order valence-corrected chi connectivity index (χ2v) is 4.86. The molecule has 0 aliphatic carbocycles. The van der Waals surface area contributed by atoms with Crippen molar-refractivity contribution in [2.45, 2.75) is 13.3 Å². The highest BCUT2D eigenvalue weighted by molar-refractivity contribution is 9.10. The summed E-state index contributed by atoms with van der Waals surface area (Å²) in [4.78, 5) is 10.9. The van der Waals surface area contributed by atoms with Crippen LogP contribution in [0.15, 0.2) is 46.9 Å². The molecule has 0 aliphatic heterocycles. The lowest BCUT2D eigenvalue weighted by atomic mass is 10.1. The molecule has 2 rings (SSSR count). The van der Waals surface area contributed by atoms with Gasteiger partial charge < -0.3 is 9.84 Å². The minimum absolute atomic E-state index is 0.219. The summed E-state index contributed by atoms with van der Waals surface area (Å²) < 4.78 is 6.30. The lowest BCUT2D eigenvalue weighted by molar-refractivity contribution is 0.0696. The predicted octanol–water partition coefficient (Wildman–Crippen LogP) is 4.50. The van der Waals surface area contributed by atoms with Crippen LogP contribution in [0.5, 0.6) is 11.5 Å². The smallest absolute Gasteiger partial charge is 0.336 e. The molecule has 2 aromatic rings. The lowest BCUT2D eigenvalue weighted by Crippen LogP contribution is -1.98. The van der Waals surface area contributed by atoms with Crippen molar-refractivity contribution in [1.82, 2.24) is 0 Å². The zero-order valence-electron chi connectivity index (χ0n) is 10.4. The van der Waals surface area contributed by atoms with E-state index < -0.39 is 5.97 Å². The molecule has 4 heteroatoms. The number of aromatic carboxylic acids is 1. The number of hydrogen-bond donors (Lipinski definition) is 1. The first-order chi connectivity index (χ1) is 9.11. The molecule has 3 nitrogen and oxygen atoms in total. The van der Waals surface area contributed by atoms with Gasteiger partial charge in [0.05, 0.1) is 5.56 Å². The maximum Gasteiger partial charge on any atom is 0.336 e. The number of aryl methyl sites for hydroxylation is 1. The van der Waals surface area contributed by atoms with E-state index in [1.165, 1.54) is 6.07 Å². The van der Waals surface area contributed by atoms with Gasteiger partial charge >= 0.3 is 5.97 Å². The maximum atomic E-state index is 10.9. The van der Waals surface area contributed by atoms with Crippen LogP contribution in [0.25, 0.3) is 0 Å². The number of ether oxygens (including phenoxy) is 1. The molecule has 0 aliphatic rings. The van der Waals surface area contributed by atoms with Crippen molar-refractivity contribution in [1.29, 1.82) is 0 Å². The Kier molecular flexibility index (Phi) is 4.22. The molecule has 0 spiro atoms. The Bertz CT molecular complexity index is 608. The number of carboxylic acids is 1. The monoisotopic (exact) mass is 320 g/mol. The molecule has 0 amide bonds. The number of carbonyl (C=O) groups is 1. The number of halogens is 1. The molecular weight excluding hydrogens is 308 g/mol. The lowest BCUT2D eigenvalue weighted by Gasteiger charge is -2.10. The largest absolute Gasteiger partial charge is 0.478 e. The summed E-state index contributed by atoms with van der Waals surface area (Å²) >= 11 is 3.24. The third kappa shape index (κ3) is 3.15. The third-order valence-electron chi connectivity index (χ3n) is 2.75. The summed E-state index contributed by atoms with van der Waals surface area (Å²) in [5, 5.41) is 8.96. The molecular formula is C15H13BrO3. The summed E-state index contributed by atoms with van der Waals surface area (Å²) in [6.07, 6.45) is 0.880. The van der Waals surface area contributed by atoms with E-state index in [2.05, 4.69) is 22.9 Å². The zero-order valence-corrected chi connectivity index (χ0v) is 12.0. The van der Waals surface area contributed by atoms with Gasteiger partial charge in [-0.15, -0.1) is 0 Å². The van der Waals surface area contributed by atoms with Gasteiger partial charge in [-0.25, -0.2) is 4.79 Å². The van der Waals surface area contributed by atoms with E-state index in [-0.39, 0.29) is 5.56 Å². The highest BCUT2D eigenvalue weighted by Crippen LogP contribution is 2.29. The molecule has 0 aromatic heterocycles. The Morgan fingerprint density at radius 3 is 2.63 bits per heavy atom. The fourth-order valence-electron chi connectivity index (χ4n) is 1.76. The summed E-state index contributed by atoms with van der Waals surface area (Å²) in [6, 6.07) is 12.6. The van der Waals surface area contributed by atoms with E-state index in [9.17, 15) is 4.79 Å². The van der Waals surface area contributed by atoms with Crippen molar-refractivity contribution in [3.63, 3.8) is 0 Å². The van der Waals surface area contributed by atoms with E-state index in [1.54, 1.807) is 12.1 Å². The first kappa shape index (κ1) is 13.6. The summed E-state index contributed by atoms with van der Waals surface area (Å²) in [5.41, 5.74) is 1.33. The third-order valence-corrected chi connectivity index (χ3v) is 3.41. The highest BCUT2D eigenvalue weighted by Gasteiger charge is 2.10. The van der Waals surface area contributed by atoms with E-state index in [0.717, 1.165) is 17.7 Å². The van der Waals surface area contributed by atoms with Crippen LogP contribution in [-0.4, -0.2) is 11.1 Å². The van der Waals surface area contributed by atoms with Crippen LogP contribution in [0, 0.1) is 0 Å². The van der Waals surface area contributed by atoms with Crippen LogP contribution in [0.2, 0.25) is 0 Å². The van der Waals surface area contributed by atoms with Crippen molar-refractivity contribution < 1.29 is 14.6 Å². The SMILES string of the molecule is CCc1ccccc1Oc1ccc(C(=O)O)c(Br)c1. The molecule has 19 heavy (non-hydrogen) atoms. The van der Waals surface area contributed by atoms with Gasteiger partial charge in [0.25, 0.3) is 0 Å². The predicted molar refractivity (Wildman–Crippen MR) is 77.0 cm³/mol. The van der Waals surface area contributed by atoms with Gasteiger partial charge in [-0.1, -0.05) is 25.1 Å². The first-order valence-electron chi connectivity index (χ1n) is 5.90. The summed E-state index contributed by atoms with van der Waals surface area (Å²) in [6.45, 7) is 2.06. The van der Waals surface area contributed by atoms with Crippen molar-refractivity contribution in [2.24, 2.45) is 0 Å². The molecule has 0 radical (unpaired) electrons. The van der Waals surface area contributed by atoms with E-state index in [4.69, 9.17) is 9.84 Å². The average Bonchev–Trinajstić information content (AvgIpc) is 2.39. The van der Waals surface area contributed by atoms with Gasteiger partial charge in [0.2, 0.25) is 0 Å². The van der Waals surface area contributed by atoms with Crippen molar-refractivity contribution in [3.8, 4) is 11.5 Å². The molecule has 0 heterocycles. The van der Waals surface area contributed by atoms with E-state index in [1.807, 2.05) is 24.3 Å². The minimum atomic E-state index is -0.965. The Morgan fingerprint density at radius 1 is 1.26 bits per heavy atom. The number of carboxylic acid groups (broad SMARTS) is 1. The Hall–Kier alpha value is -1.81. The summed E-state index contributed by atoms with van der Waals surface area (Å²) in [5.74, 6) is 0.435. The van der Waals surface area contributed by atoms with Crippen molar-refractivity contribution in [2.75, 3.05) is 0 Å². The fraction of sp³-hybridized carbons (Fsp3) is 0.133. The molecule has 0 unspecified atom stereocenters. The van der Waals surface area contributed by atoms with Gasteiger partial charge in [-0.05, 0) is 52.2 Å². The topological polar surface area (TPSA) is 46.5 Å². The van der Waals surface area contributed by atoms with Crippen LogP contribution in [0.1, 0.15) is 22.8 Å². The van der Waals surface area contributed by atoms with Gasteiger partial charge in [0.15, 0.2) is 0 Å². The Balaban J connectivity index is 2.29. The quantitative estimate of drug-likeness (QED) is 0.902. The highest BCUT2D eigenvalue weighted by atomic mass is 79.9. The standard InChI is InChI=1S/C15H13BrO3/c1-2-10-5-3-4-6-14(10)19-11-7-8-12(15(17)18)13(16)9-11/h3-9H,2H2,1H3,(H,17,18). The average molecular weight is 321 g/mol. The number of hydrogen-bond acceptors (Lipinski definition) is 2. The number of para-hydroxylation sites is 1. The second kappa shape index (κ2) is 5.89. The van der Waals surface area contributed by atoms with Gasteiger partial charge in [0.1, 0.15) is 11.5 Å². The molecule has 98 valence electrons. The first-order valence-corrected chi connectivity index (χ1v) is 6.69. The van der Waals surface area contributed by atoms with E-state index >= 15 is 0 Å². The van der Waals surface area contributed by atoms with Crippen LogP contribution in [0.3, 0.4) is 0 Å². The van der Waals surface area contributed by atoms with Crippen LogP contribution >= 0.6 is 15.9 Å². The number of rotatable bonds is 4. The maximum absolute atomic E-state index is 10.9. The normalized spacial score (nSPS) is 10.2. The van der Waals surface area contributed by atoms with Crippen LogP contribution < -0.4 is 4.74 Å². The summed E-state index contributed by atoms with van der Waals surface area (Å²) in [7, 11) is 0. The molecule has 0 fully saturated rings. The molecule has 0 saturated heterocycles. The van der Waals surface area contributed by atoms with Crippen LogP contribution in [-0.2, 0) is 6.42 Å². The van der Waals surface area contributed by atoms with Crippen molar-refractivity contribution >= 4 is 21.9 Å². The molecule has 0 atom stereocenters. The Labute approximate surface area is 120 Å². The molecule has 0 saturated carbocycles. The second-order valence-electron chi connectivity index (χ2n) is 4.01. The fourth-order valence-corrected chi connectivity index (χ4v) is 2.28. The minimum Gasteiger partial charge on any atom is -0.478 e. The number of benzene rings is 2. The Morgan fingerprint density at radius 2 is 2.00 bits per heavy atom. The van der Waals surface area contributed by atoms with Gasteiger partial charge in [-0.2, -0.15) is 0 Å². The van der Waals surface area contributed by atoms with Crippen molar-refractivity contribution in [3.05, 3.63) is 58.1 Å².